The van der Waals surface area contributed by atoms with Gasteiger partial charge in [-0.05, 0) is 34.1 Å². The fourth-order valence-corrected chi connectivity index (χ4v) is 2.40. The van der Waals surface area contributed by atoms with E-state index in [-0.39, 0.29) is 5.91 Å². The van der Waals surface area contributed by atoms with Gasteiger partial charge in [-0.1, -0.05) is 6.07 Å². The molecule has 2 aromatic carbocycles. The molecule has 0 fully saturated rings. The summed E-state index contributed by atoms with van der Waals surface area (Å²) in [4.78, 5) is 12.4. The largest absolute Gasteiger partial charge is 0.497 e. The maximum Gasteiger partial charge on any atom is 0.255 e. The summed E-state index contributed by atoms with van der Waals surface area (Å²) < 4.78 is 16.4. The summed E-state index contributed by atoms with van der Waals surface area (Å²) in [5, 5.41) is 2.81. The SMILES string of the molecule is COc1cccc(C(=O)Nc2cc(OC)c(Br)cc2OC)c1. The predicted molar refractivity (Wildman–Crippen MR) is 88.2 cm³/mol. The van der Waals surface area contributed by atoms with Crippen LogP contribution in [0.2, 0.25) is 0 Å². The average molecular weight is 366 g/mol. The Labute approximate surface area is 137 Å². The van der Waals surface area contributed by atoms with Gasteiger partial charge < -0.3 is 19.5 Å². The van der Waals surface area contributed by atoms with E-state index in [1.165, 1.54) is 7.11 Å². The van der Waals surface area contributed by atoms with Crippen molar-refractivity contribution < 1.29 is 19.0 Å². The smallest absolute Gasteiger partial charge is 0.255 e. The van der Waals surface area contributed by atoms with Crippen molar-refractivity contribution in [3.63, 3.8) is 0 Å². The van der Waals surface area contributed by atoms with E-state index < -0.39 is 0 Å². The Morgan fingerprint density at radius 2 is 1.73 bits per heavy atom. The Balaban J connectivity index is 2.30. The molecule has 2 rings (SSSR count). The first-order valence-electron chi connectivity index (χ1n) is 6.46. The van der Waals surface area contributed by atoms with Crippen molar-refractivity contribution in [2.75, 3.05) is 26.6 Å². The van der Waals surface area contributed by atoms with E-state index >= 15 is 0 Å². The zero-order chi connectivity index (χ0) is 16.1. The lowest BCUT2D eigenvalue weighted by atomic mass is 10.2. The molecule has 22 heavy (non-hydrogen) atoms. The van der Waals surface area contributed by atoms with Crippen molar-refractivity contribution in [1.29, 1.82) is 0 Å². The van der Waals surface area contributed by atoms with Crippen LogP contribution in [0.4, 0.5) is 5.69 Å². The zero-order valence-corrected chi connectivity index (χ0v) is 14.1. The predicted octanol–water partition coefficient (Wildman–Crippen LogP) is 3.73. The van der Waals surface area contributed by atoms with Gasteiger partial charge in [0.1, 0.15) is 17.2 Å². The van der Waals surface area contributed by atoms with Crippen LogP contribution in [-0.2, 0) is 0 Å². The summed E-state index contributed by atoms with van der Waals surface area (Å²) in [6.07, 6.45) is 0. The lowest BCUT2D eigenvalue weighted by Gasteiger charge is -2.13. The third-order valence-corrected chi connectivity index (χ3v) is 3.67. The summed E-state index contributed by atoms with van der Waals surface area (Å²) in [6.45, 7) is 0. The number of ether oxygens (including phenoxy) is 3. The highest BCUT2D eigenvalue weighted by atomic mass is 79.9. The number of nitrogens with one attached hydrogen (secondary N) is 1. The molecule has 0 radical (unpaired) electrons. The van der Waals surface area contributed by atoms with Crippen LogP contribution in [0.1, 0.15) is 10.4 Å². The monoisotopic (exact) mass is 365 g/mol. The number of amides is 1. The number of methoxy groups -OCH3 is 3. The quantitative estimate of drug-likeness (QED) is 0.876. The third kappa shape index (κ3) is 3.51. The summed E-state index contributed by atoms with van der Waals surface area (Å²) >= 11 is 3.38. The number of rotatable bonds is 5. The van der Waals surface area contributed by atoms with E-state index in [1.807, 2.05) is 0 Å². The van der Waals surface area contributed by atoms with Gasteiger partial charge in [0, 0.05) is 17.7 Å². The first kappa shape index (κ1) is 16.2. The third-order valence-electron chi connectivity index (χ3n) is 3.05. The fraction of sp³-hybridized carbons (Fsp3) is 0.188. The minimum absolute atomic E-state index is 0.262. The highest BCUT2D eigenvalue weighted by Gasteiger charge is 2.14. The Bertz CT molecular complexity index is 688. The fourth-order valence-electron chi connectivity index (χ4n) is 1.92. The van der Waals surface area contributed by atoms with Crippen molar-refractivity contribution in [3.05, 3.63) is 46.4 Å². The standard InChI is InChI=1S/C16H16BrNO4/c1-20-11-6-4-5-10(7-11)16(19)18-13-9-14(21-2)12(17)8-15(13)22-3/h4-9H,1-3H3,(H,18,19). The Morgan fingerprint density at radius 3 is 2.36 bits per heavy atom. The van der Waals surface area contributed by atoms with Crippen LogP contribution in [0.15, 0.2) is 40.9 Å². The number of carbonyl (C=O) groups excluding carboxylic acids is 1. The maximum atomic E-state index is 12.4. The van der Waals surface area contributed by atoms with Gasteiger partial charge in [-0.2, -0.15) is 0 Å². The van der Waals surface area contributed by atoms with Crippen molar-refractivity contribution >= 4 is 27.5 Å². The second-order valence-corrected chi connectivity index (χ2v) is 5.23. The van der Waals surface area contributed by atoms with E-state index in [2.05, 4.69) is 21.2 Å². The molecular weight excluding hydrogens is 350 g/mol. The number of anilines is 1. The van der Waals surface area contributed by atoms with Gasteiger partial charge in [0.2, 0.25) is 0 Å². The average Bonchev–Trinajstić information content (AvgIpc) is 2.55. The summed E-state index contributed by atoms with van der Waals surface area (Å²) in [6, 6.07) is 10.3. The van der Waals surface area contributed by atoms with Gasteiger partial charge >= 0.3 is 0 Å². The number of hydrogen-bond donors (Lipinski definition) is 1. The van der Waals surface area contributed by atoms with Gasteiger partial charge in [-0.15, -0.1) is 0 Å². The van der Waals surface area contributed by atoms with Crippen LogP contribution in [-0.4, -0.2) is 27.2 Å². The molecule has 0 spiro atoms. The molecule has 1 N–H and O–H groups in total. The first-order valence-corrected chi connectivity index (χ1v) is 7.25. The van der Waals surface area contributed by atoms with Crippen molar-refractivity contribution in [2.24, 2.45) is 0 Å². The van der Waals surface area contributed by atoms with Gasteiger partial charge in [-0.25, -0.2) is 0 Å². The van der Waals surface area contributed by atoms with Crippen LogP contribution in [0, 0.1) is 0 Å². The van der Waals surface area contributed by atoms with Crippen LogP contribution >= 0.6 is 15.9 Å². The van der Waals surface area contributed by atoms with Gasteiger partial charge in [-0.3, -0.25) is 4.79 Å². The minimum Gasteiger partial charge on any atom is -0.497 e. The molecular formula is C16H16BrNO4. The molecule has 5 nitrogen and oxygen atoms in total. The lowest BCUT2D eigenvalue weighted by Crippen LogP contribution is -2.13. The Kier molecular flexibility index (Phi) is 5.27. The van der Waals surface area contributed by atoms with E-state index in [0.717, 1.165) is 4.47 Å². The molecule has 116 valence electrons. The molecule has 0 bridgehead atoms. The molecule has 0 atom stereocenters. The van der Waals surface area contributed by atoms with Crippen molar-refractivity contribution in [3.8, 4) is 17.2 Å². The minimum atomic E-state index is -0.262. The van der Waals surface area contributed by atoms with Crippen LogP contribution in [0.5, 0.6) is 17.2 Å². The Morgan fingerprint density at radius 1 is 1.00 bits per heavy atom. The van der Waals surface area contributed by atoms with E-state index in [9.17, 15) is 4.79 Å². The second kappa shape index (κ2) is 7.17. The maximum absolute atomic E-state index is 12.4. The van der Waals surface area contributed by atoms with E-state index in [4.69, 9.17) is 14.2 Å². The topological polar surface area (TPSA) is 56.8 Å². The molecule has 0 aliphatic rings. The number of carbonyl (C=O) groups is 1. The highest BCUT2D eigenvalue weighted by Crippen LogP contribution is 2.36. The normalized spacial score (nSPS) is 10.0. The van der Waals surface area contributed by atoms with Crippen LogP contribution in [0.3, 0.4) is 0 Å². The molecule has 0 aliphatic carbocycles. The molecule has 1 amide bonds. The van der Waals surface area contributed by atoms with E-state index in [0.29, 0.717) is 28.5 Å². The molecule has 0 aromatic heterocycles. The molecule has 2 aromatic rings. The molecule has 0 aliphatic heterocycles. The first-order chi connectivity index (χ1) is 10.6. The number of hydrogen-bond acceptors (Lipinski definition) is 4. The number of benzene rings is 2. The summed E-state index contributed by atoms with van der Waals surface area (Å²) in [7, 11) is 4.65. The van der Waals surface area contributed by atoms with Gasteiger partial charge in [0.25, 0.3) is 5.91 Å². The number of halogens is 1. The molecule has 0 saturated heterocycles. The Hall–Kier alpha value is -2.21. The van der Waals surface area contributed by atoms with Crippen LogP contribution < -0.4 is 19.5 Å². The van der Waals surface area contributed by atoms with Crippen molar-refractivity contribution in [2.45, 2.75) is 0 Å². The molecule has 0 heterocycles. The van der Waals surface area contributed by atoms with Gasteiger partial charge in [0.05, 0.1) is 31.5 Å². The zero-order valence-electron chi connectivity index (χ0n) is 12.5. The van der Waals surface area contributed by atoms with Crippen LogP contribution in [0.25, 0.3) is 0 Å². The van der Waals surface area contributed by atoms with E-state index in [1.54, 1.807) is 50.6 Å². The second-order valence-electron chi connectivity index (χ2n) is 4.37. The summed E-state index contributed by atoms with van der Waals surface area (Å²) in [5.74, 6) is 1.49. The molecule has 0 saturated carbocycles. The van der Waals surface area contributed by atoms with Crippen molar-refractivity contribution in [1.82, 2.24) is 0 Å². The molecule has 0 unspecified atom stereocenters. The summed E-state index contributed by atoms with van der Waals surface area (Å²) in [5.41, 5.74) is 1.01. The van der Waals surface area contributed by atoms with Gasteiger partial charge in [0.15, 0.2) is 0 Å². The lowest BCUT2D eigenvalue weighted by molar-refractivity contribution is 0.102. The highest BCUT2D eigenvalue weighted by molar-refractivity contribution is 9.10. The molecule has 6 heteroatoms.